The summed E-state index contributed by atoms with van der Waals surface area (Å²) in [6, 6.07) is 0.506. The summed E-state index contributed by atoms with van der Waals surface area (Å²) in [5.74, 6) is -0.837. The second-order valence-electron chi connectivity index (χ2n) is 4.54. The van der Waals surface area contributed by atoms with Gasteiger partial charge < -0.3 is 14.7 Å². The van der Waals surface area contributed by atoms with E-state index in [0.29, 0.717) is 12.6 Å². The van der Waals surface area contributed by atoms with Gasteiger partial charge in [-0.2, -0.15) is 0 Å². The van der Waals surface area contributed by atoms with Crippen LogP contribution in [0.1, 0.15) is 20.3 Å². The molecule has 0 saturated carbocycles. The van der Waals surface area contributed by atoms with Gasteiger partial charge in [-0.1, -0.05) is 0 Å². The summed E-state index contributed by atoms with van der Waals surface area (Å²) in [5.41, 5.74) is 0. The van der Waals surface area contributed by atoms with Crippen molar-refractivity contribution in [3.63, 3.8) is 0 Å². The number of hydrogen-bond acceptors (Lipinski definition) is 3. The molecule has 2 atom stereocenters. The van der Waals surface area contributed by atoms with Gasteiger partial charge in [-0.3, -0.25) is 4.79 Å². The molecule has 0 spiro atoms. The first-order valence-corrected chi connectivity index (χ1v) is 5.52. The number of methoxy groups -OCH3 is 1. The average Bonchev–Trinajstić information content (AvgIpc) is 2.62. The number of likely N-dealkylation sites (tertiary alicyclic amines) is 1. The summed E-state index contributed by atoms with van der Waals surface area (Å²) in [6.45, 7) is 6.52. The number of nitrogens with zero attached hydrogens (tertiary/aromatic N) is 1. The Labute approximate surface area is 91.2 Å². The van der Waals surface area contributed by atoms with Crippen molar-refractivity contribution in [1.82, 2.24) is 4.90 Å². The highest BCUT2D eigenvalue weighted by Crippen LogP contribution is 2.26. The van der Waals surface area contributed by atoms with Crippen LogP contribution in [0.4, 0.5) is 0 Å². The quantitative estimate of drug-likeness (QED) is 0.745. The maximum Gasteiger partial charge on any atom is 0.309 e. The normalized spacial score (nSPS) is 24.7. The van der Waals surface area contributed by atoms with Gasteiger partial charge in [0.2, 0.25) is 0 Å². The van der Waals surface area contributed by atoms with Crippen LogP contribution in [-0.2, 0) is 9.53 Å². The standard InChI is InChI=1S/C11H21NO3/c1-8(2)12-5-4-9(6-12)10(7-15-3)11(13)14/h8-10H,4-7H2,1-3H3,(H,13,14). The topological polar surface area (TPSA) is 49.8 Å². The molecule has 0 aliphatic carbocycles. The Morgan fingerprint density at radius 2 is 2.27 bits per heavy atom. The van der Waals surface area contributed by atoms with Gasteiger partial charge in [0.25, 0.3) is 0 Å². The average molecular weight is 215 g/mol. The van der Waals surface area contributed by atoms with Crippen LogP contribution >= 0.6 is 0 Å². The first kappa shape index (κ1) is 12.5. The summed E-state index contributed by atoms with van der Waals surface area (Å²) in [7, 11) is 1.56. The Bertz CT molecular complexity index is 218. The van der Waals surface area contributed by atoms with E-state index in [4.69, 9.17) is 9.84 Å². The van der Waals surface area contributed by atoms with Gasteiger partial charge in [0.1, 0.15) is 0 Å². The molecule has 0 amide bonds. The lowest BCUT2D eigenvalue weighted by Gasteiger charge is -2.22. The van der Waals surface area contributed by atoms with Crippen molar-refractivity contribution in [3.05, 3.63) is 0 Å². The molecule has 4 nitrogen and oxygen atoms in total. The lowest BCUT2D eigenvalue weighted by atomic mass is 9.92. The minimum Gasteiger partial charge on any atom is -0.481 e. The number of carboxylic acids is 1. The molecule has 1 aliphatic heterocycles. The summed E-state index contributed by atoms with van der Waals surface area (Å²) in [6.07, 6.45) is 0.971. The number of hydrogen-bond donors (Lipinski definition) is 1. The molecule has 15 heavy (non-hydrogen) atoms. The van der Waals surface area contributed by atoms with E-state index < -0.39 is 5.97 Å². The monoisotopic (exact) mass is 215 g/mol. The zero-order chi connectivity index (χ0) is 11.4. The Balaban J connectivity index is 2.52. The van der Waals surface area contributed by atoms with Gasteiger partial charge >= 0.3 is 5.97 Å². The first-order chi connectivity index (χ1) is 7.06. The van der Waals surface area contributed by atoms with Crippen molar-refractivity contribution < 1.29 is 14.6 Å². The van der Waals surface area contributed by atoms with Gasteiger partial charge in [-0.15, -0.1) is 0 Å². The van der Waals surface area contributed by atoms with Crippen LogP contribution in [-0.4, -0.2) is 48.8 Å². The van der Waals surface area contributed by atoms with Crippen LogP contribution in [0.5, 0.6) is 0 Å². The molecule has 0 aromatic heterocycles. The van der Waals surface area contributed by atoms with Crippen LogP contribution in [0.15, 0.2) is 0 Å². The van der Waals surface area contributed by atoms with Crippen molar-refractivity contribution in [1.29, 1.82) is 0 Å². The van der Waals surface area contributed by atoms with Gasteiger partial charge in [-0.25, -0.2) is 0 Å². The maximum absolute atomic E-state index is 11.1. The minimum atomic E-state index is -0.729. The number of rotatable bonds is 5. The SMILES string of the molecule is COCC(C(=O)O)C1CCN(C(C)C)C1. The lowest BCUT2D eigenvalue weighted by molar-refractivity contribution is -0.145. The molecule has 88 valence electrons. The van der Waals surface area contributed by atoms with Gasteiger partial charge in [0.05, 0.1) is 12.5 Å². The van der Waals surface area contributed by atoms with Crippen molar-refractivity contribution >= 4 is 5.97 Å². The summed E-state index contributed by atoms with van der Waals surface area (Å²) < 4.78 is 4.97. The predicted octanol–water partition coefficient (Wildman–Crippen LogP) is 1.06. The Morgan fingerprint density at radius 3 is 2.67 bits per heavy atom. The van der Waals surface area contributed by atoms with Crippen molar-refractivity contribution in [2.75, 3.05) is 26.8 Å². The third kappa shape index (κ3) is 3.18. The molecule has 1 aliphatic rings. The van der Waals surface area contributed by atoms with E-state index in [1.165, 1.54) is 0 Å². The Hall–Kier alpha value is -0.610. The third-order valence-electron chi connectivity index (χ3n) is 3.22. The van der Waals surface area contributed by atoms with Crippen molar-refractivity contribution in [3.8, 4) is 0 Å². The summed E-state index contributed by atoms with van der Waals surface area (Å²) in [4.78, 5) is 13.4. The smallest absolute Gasteiger partial charge is 0.309 e. The second kappa shape index (κ2) is 5.47. The predicted molar refractivity (Wildman–Crippen MR) is 57.8 cm³/mol. The van der Waals surface area contributed by atoms with Crippen molar-refractivity contribution in [2.24, 2.45) is 11.8 Å². The van der Waals surface area contributed by atoms with E-state index in [-0.39, 0.29) is 11.8 Å². The van der Waals surface area contributed by atoms with E-state index in [1.807, 2.05) is 0 Å². The maximum atomic E-state index is 11.1. The molecule has 1 fully saturated rings. The lowest BCUT2D eigenvalue weighted by Crippen LogP contribution is -2.33. The molecule has 1 saturated heterocycles. The highest BCUT2D eigenvalue weighted by molar-refractivity contribution is 5.70. The van der Waals surface area contributed by atoms with Crippen LogP contribution in [0.25, 0.3) is 0 Å². The fourth-order valence-corrected chi connectivity index (χ4v) is 2.20. The van der Waals surface area contributed by atoms with E-state index in [2.05, 4.69) is 18.7 Å². The Morgan fingerprint density at radius 1 is 1.60 bits per heavy atom. The summed E-state index contributed by atoms with van der Waals surface area (Å²) >= 11 is 0. The molecule has 0 aromatic carbocycles. The van der Waals surface area contributed by atoms with E-state index in [0.717, 1.165) is 19.5 Å². The molecule has 0 aromatic rings. The molecule has 4 heteroatoms. The van der Waals surface area contributed by atoms with Gasteiger partial charge in [0, 0.05) is 19.7 Å². The zero-order valence-electron chi connectivity index (χ0n) is 9.77. The molecule has 0 bridgehead atoms. The van der Waals surface area contributed by atoms with Gasteiger partial charge in [0.15, 0.2) is 0 Å². The first-order valence-electron chi connectivity index (χ1n) is 5.52. The molecule has 0 radical (unpaired) electrons. The molecule has 1 N–H and O–H groups in total. The Kier molecular flexibility index (Phi) is 4.54. The van der Waals surface area contributed by atoms with Crippen LogP contribution in [0.2, 0.25) is 0 Å². The fourth-order valence-electron chi connectivity index (χ4n) is 2.20. The third-order valence-corrected chi connectivity index (χ3v) is 3.22. The van der Waals surface area contributed by atoms with Crippen molar-refractivity contribution in [2.45, 2.75) is 26.3 Å². The highest BCUT2D eigenvalue weighted by Gasteiger charge is 2.34. The molecule has 1 rings (SSSR count). The fraction of sp³-hybridized carbons (Fsp3) is 0.909. The number of carboxylic acid groups (broad SMARTS) is 1. The molecular weight excluding hydrogens is 194 g/mol. The molecular formula is C11H21NO3. The molecule has 1 heterocycles. The van der Waals surface area contributed by atoms with E-state index in [1.54, 1.807) is 7.11 Å². The second-order valence-corrected chi connectivity index (χ2v) is 4.54. The van der Waals surface area contributed by atoms with Crippen LogP contribution < -0.4 is 0 Å². The minimum absolute atomic E-state index is 0.241. The molecule has 2 unspecified atom stereocenters. The van der Waals surface area contributed by atoms with Gasteiger partial charge in [-0.05, 0) is 32.7 Å². The zero-order valence-corrected chi connectivity index (χ0v) is 9.77. The van der Waals surface area contributed by atoms with Crippen LogP contribution in [0.3, 0.4) is 0 Å². The van der Waals surface area contributed by atoms with E-state index in [9.17, 15) is 4.79 Å². The highest BCUT2D eigenvalue weighted by atomic mass is 16.5. The summed E-state index contributed by atoms with van der Waals surface area (Å²) in [5, 5.41) is 9.09. The van der Waals surface area contributed by atoms with Crippen LogP contribution in [0, 0.1) is 11.8 Å². The van der Waals surface area contributed by atoms with E-state index >= 15 is 0 Å². The number of aliphatic carboxylic acids is 1. The number of ether oxygens (including phenoxy) is 1. The largest absolute Gasteiger partial charge is 0.481 e. The number of carbonyl (C=O) groups is 1.